The zero-order chi connectivity index (χ0) is 16.0. The van der Waals surface area contributed by atoms with E-state index in [4.69, 9.17) is 0 Å². The quantitative estimate of drug-likeness (QED) is 0.785. The molecule has 1 saturated carbocycles. The summed E-state index contributed by atoms with van der Waals surface area (Å²) in [6.07, 6.45) is 7.19. The molecule has 0 saturated heterocycles. The van der Waals surface area contributed by atoms with Crippen LogP contribution in [0.15, 0.2) is 29.2 Å². The van der Waals surface area contributed by atoms with Crippen molar-refractivity contribution in [2.45, 2.75) is 49.3 Å². The van der Waals surface area contributed by atoms with E-state index >= 15 is 0 Å². The maximum atomic E-state index is 12.2. The van der Waals surface area contributed by atoms with Crippen molar-refractivity contribution in [3.05, 3.63) is 29.8 Å². The summed E-state index contributed by atoms with van der Waals surface area (Å²) < 4.78 is 27.2. The molecule has 1 fully saturated rings. The lowest BCUT2D eigenvalue weighted by molar-refractivity contribution is 0.400. The number of sulfonamides is 1. The average Bonchev–Trinajstić information content (AvgIpc) is 2.52. The molecule has 22 heavy (non-hydrogen) atoms. The van der Waals surface area contributed by atoms with Crippen LogP contribution in [0.2, 0.25) is 0 Å². The molecule has 1 aromatic carbocycles. The molecule has 4 nitrogen and oxygen atoms in total. The highest BCUT2D eigenvalue weighted by molar-refractivity contribution is 7.89. The second-order valence-electron chi connectivity index (χ2n) is 6.46. The zero-order valence-electron chi connectivity index (χ0n) is 13.7. The molecule has 1 aliphatic carbocycles. The van der Waals surface area contributed by atoms with Gasteiger partial charge in [-0.1, -0.05) is 31.4 Å². The zero-order valence-corrected chi connectivity index (χ0v) is 14.5. The summed E-state index contributed by atoms with van der Waals surface area (Å²) in [5.74, 6) is 0.610. The van der Waals surface area contributed by atoms with E-state index in [-0.39, 0.29) is 0 Å². The van der Waals surface area contributed by atoms with Crippen LogP contribution in [0.25, 0.3) is 0 Å². The SMILES string of the molecule is CN(C)CCCNS(=O)(=O)c1ccc(C2CCCCC2)cc1. The Kier molecular flexibility index (Phi) is 6.41. The minimum Gasteiger partial charge on any atom is -0.309 e. The van der Waals surface area contributed by atoms with Crippen molar-refractivity contribution in [1.29, 1.82) is 0 Å². The molecule has 2 rings (SSSR count). The second kappa shape index (κ2) is 8.09. The maximum absolute atomic E-state index is 12.2. The number of benzene rings is 1. The molecule has 0 unspecified atom stereocenters. The van der Waals surface area contributed by atoms with Crippen LogP contribution in [0.5, 0.6) is 0 Å². The van der Waals surface area contributed by atoms with Gasteiger partial charge < -0.3 is 4.90 Å². The van der Waals surface area contributed by atoms with E-state index in [1.165, 1.54) is 37.7 Å². The third-order valence-corrected chi connectivity index (χ3v) is 5.82. The molecule has 0 aliphatic heterocycles. The summed E-state index contributed by atoms with van der Waals surface area (Å²) >= 11 is 0. The summed E-state index contributed by atoms with van der Waals surface area (Å²) in [4.78, 5) is 2.42. The molecule has 0 radical (unpaired) electrons. The van der Waals surface area contributed by atoms with Gasteiger partial charge in [0, 0.05) is 6.54 Å². The van der Waals surface area contributed by atoms with Crippen LogP contribution < -0.4 is 4.72 Å². The largest absolute Gasteiger partial charge is 0.309 e. The van der Waals surface area contributed by atoms with E-state index in [2.05, 4.69) is 4.72 Å². The number of rotatable bonds is 7. The van der Waals surface area contributed by atoms with E-state index < -0.39 is 10.0 Å². The lowest BCUT2D eigenvalue weighted by Crippen LogP contribution is -2.27. The van der Waals surface area contributed by atoms with Crippen LogP contribution in [0.3, 0.4) is 0 Å². The van der Waals surface area contributed by atoms with Gasteiger partial charge in [0.1, 0.15) is 0 Å². The Morgan fingerprint density at radius 2 is 1.73 bits per heavy atom. The third-order valence-electron chi connectivity index (χ3n) is 4.34. The lowest BCUT2D eigenvalue weighted by atomic mass is 9.84. The monoisotopic (exact) mass is 324 g/mol. The van der Waals surface area contributed by atoms with Crippen LogP contribution in [0, 0.1) is 0 Å². The topological polar surface area (TPSA) is 49.4 Å². The fraction of sp³-hybridized carbons (Fsp3) is 0.647. The first kappa shape index (κ1) is 17.4. The molecule has 5 heteroatoms. The first-order valence-corrected chi connectivity index (χ1v) is 9.72. The van der Waals surface area contributed by atoms with Crippen LogP contribution in [-0.2, 0) is 10.0 Å². The van der Waals surface area contributed by atoms with Crippen molar-refractivity contribution in [3.63, 3.8) is 0 Å². The third kappa shape index (κ3) is 5.07. The van der Waals surface area contributed by atoms with Gasteiger partial charge in [-0.3, -0.25) is 0 Å². The normalized spacial score (nSPS) is 17.0. The Balaban J connectivity index is 1.93. The molecule has 1 N–H and O–H groups in total. The van der Waals surface area contributed by atoms with Gasteiger partial charge in [0.05, 0.1) is 4.90 Å². The van der Waals surface area contributed by atoms with Gasteiger partial charge in [-0.15, -0.1) is 0 Å². The van der Waals surface area contributed by atoms with Gasteiger partial charge >= 0.3 is 0 Å². The van der Waals surface area contributed by atoms with Crippen LogP contribution >= 0.6 is 0 Å². The smallest absolute Gasteiger partial charge is 0.240 e. The van der Waals surface area contributed by atoms with Crippen LogP contribution in [0.1, 0.15) is 50.0 Å². The molecule has 0 bridgehead atoms. The number of nitrogens with one attached hydrogen (secondary N) is 1. The molecule has 0 atom stereocenters. The van der Waals surface area contributed by atoms with Gasteiger partial charge in [0.15, 0.2) is 0 Å². The van der Waals surface area contributed by atoms with E-state index in [9.17, 15) is 8.42 Å². The molecule has 1 aliphatic rings. The standard InChI is InChI=1S/C17H28N2O2S/c1-19(2)14-6-13-18-22(20,21)17-11-9-16(10-12-17)15-7-4-3-5-8-15/h9-12,15,18H,3-8,13-14H2,1-2H3. The lowest BCUT2D eigenvalue weighted by Gasteiger charge is -2.22. The molecule has 1 aromatic rings. The summed E-state index contributed by atoms with van der Waals surface area (Å²) in [6.45, 7) is 1.36. The Morgan fingerprint density at radius 3 is 2.32 bits per heavy atom. The Hall–Kier alpha value is -0.910. The summed E-state index contributed by atoms with van der Waals surface area (Å²) in [5, 5.41) is 0. The summed E-state index contributed by atoms with van der Waals surface area (Å²) in [7, 11) is 0.595. The molecule has 124 valence electrons. The Bertz CT molecular complexity index is 547. The van der Waals surface area contributed by atoms with Crippen LogP contribution in [-0.4, -0.2) is 40.5 Å². The van der Waals surface area contributed by atoms with E-state index in [1.807, 2.05) is 31.1 Å². The van der Waals surface area contributed by atoms with Gasteiger partial charge in [0.2, 0.25) is 10.0 Å². The number of nitrogens with zero attached hydrogens (tertiary/aromatic N) is 1. The Morgan fingerprint density at radius 1 is 1.09 bits per heavy atom. The maximum Gasteiger partial charge on any atom is 0.240 e. The fourth-order valence-electron chi connectivity index (χ4n) is 3.04. The van der Waals surface area contributed by atoms with Crippen molar-refractivity contribution in [3.8, 4) is 0 Å². The molecule has 0 spiro atoms. The van der Waals surface area contributed by atoms with Gasteiger partial charge in [-0.25, -0.2) is 13.1 Å². The van der Waals surface area contributed by atoms with Gasteiger partial charge in [0.25, 0.3) is 0 Å². The number of hydrogen-bond donors (Lipinski definition) is 1. The number of hydrogen-bond acceptors (Lipinski definition) is 3. The highest BCUT2D eigenvalue weighted by Crippen LogP contribution is 2.32. The molecule has 0 aromatic heterocycles. The predicted molar refractivity (Wildman–Crippen MR) is 90.6 cm³/mol. The van der Waals surface area contributed by atoms with E-state index in [0.29, 0.717) is 17.4 Å². The van der Waals surface area contributed by atoms with Crippen molar-refractivity contribution in [1.82, 2.24) is 9.62 Å². The van der Waals surface area contributed by atoms with Crippen LogP contribution in [0.4, 0.5) is 0 Å². The second-order valence-corrected chi connectivity index (χ2v) is 8.23. The summed E-state index contributed by atoms with van der Waals surface area (Å²) in [6, 6.07) is 7.48. The van der Waals surface area contributed by atoms with Crippen molar-refractivity contribution < 1.29 is 8.42 Å². The van der Waals surface area contributed by atoms with Crippen molar-refractivity contribution in [2.24, 2.45) is 0 Å². The van der Waals surface area contributed by atoms with Gasteiger partial charge in [-0.2, -0.15) is 0 Å². The molecular formula is C17H28N2O2S. The van der Waals surface area contributed by atoms with Crippen molar-refractivity contribution in [2.75, 3.05) is 27.2 Å². The molecule has 0 amide bonds. The Labute approximate surface area is 135 Å². The minimum absolute atomic E-state index is 0.372. The fourth-order valence-corrected chi connectivity index (χ4v) is 4.11. The van der Waals surface area contributed by atoms with Crippen molar-refractivity contribution >= 4 is 10.0 Å². The first-order chi connectivity index (χ1) is 10.5. The highest BCUT2D eigenvalue weighted by atomic mass is 32.2. The summed E-state index contributed by atoms with van der Waals surface area (Å²) in [5.41, 5.74) is 1.28. The van der Waals surface area contributed by atoms with Gasteiger partial charge in [-0.05, 0) is 63.5 Å². The van der Waals surface area contributed by atoms with E-state index in [1.54, 1.807) is 12.1 Å². The predicted octanol–water partition coefficient (Wildman–Crippen LogP) is 2.96. The highest BCUT2D eigenvalue weighted by Gasteiger charge is 2.17. The first-order valence-electron chi connectivity index (χ1n) is 8.23. The van der Waals surface area contributed by atoms with E-state index in [0.717, 1.165) is 13.0 Å². The minimum atomic E-state index is -3.37. The average molecular weight is 324 g/mol. The molecule has 0 heterocycles. The molecular weight excluding hydrogens is 296 g/mol.